The molecule has 0 aliphatic rings. The first-order chi connectivity index (χ1) is 7.65. The van der Waals surface area contributed by atoms with Gasteiger partial charge in [-0.05, 0) is 38.2 Å². The van der Waals surface area contributed by atoms with Crippen LogP contribution in [0.15, 0.2) is 35.5 Å². The molecule has 1 unspecified atom stereocenters. The fourth-order valence-electron chi connectivity index (χ4n) is 1.88. The van der Waals surface area contributed by atoms with Crippen LogP contribution in [0.3, 0.4) is 0 Å². The third-order valence-corrected chi connectivity index (χ3v) is 2.79. The quantitative estimate of drug-likeness (QED) is 0.383. The Balaban J connectivity index is 4.61. The molecule has 16 heavy (non-hydrogen) atoms. The largest absolute Gasteiger partial charge is 0.0911 e. The van der Waals surface area contributed by atoms with Crippen molar-refractivity contribution in [2.75, 3.05) is 0 Å². The van der Waals surface area contributed by atoms with Gasteiger partial charge in [-0.2, -0.15) is 0 Å². The zero-order chi connectivity index (χ0) is 12.4. The molecule has 0 nitrogen and oxygen atoms in total. The molecule has 0 spiro atoms. The van der Waals surface area contributed by atoms with Crippen LogP contribution >= 0.6 is 0 Å². The lowest BCUT2D eigenvalue weighted by atomic mass is 9.99. The molecule has 0 rings (SSSR count). The lowest BCUT2D eigenvalue weighted by molar-refractivity contribution is 0.848. The topological polar surface area (TPSA) is 0 Å². The van der Waals surface area contributed by atoms with Crippen molar-refractivity contribution in [3.8, 4) is 0 Å². The number of allylic oxidation sites excluding steroid dienone is 6. The second kappa shape index (κ2) is 9.45. The van der Waals surface area contributed by atoms with Gasteiger partial charge in [0.25, 0.3) is 0 Å². The summed E-state index contributed by atoms with van der Waals surface area (Å²) in [6.45, 7) is 11.1. The molecule has 0 saturated heterocycles. The Morgan fingerprint density at radius 3 is 2.19 bits per heavy atom. The van der Waals surface area contributed by atoms with Gasteiger partial charge in [-0.1, -0.05) is 63.5 Å². The fourth-order valence-corrected chi connectivity index (χ4v) is 1.88. The van der Waals surface area contributed by atoms with Crippen LogP contribution in [-0.4, -0.2) is 0 Å². The number of hydrogen-bond acceptors (Lipinski definition) is 0. The highest BCUT2D eigenvalue weighted by Crippen LogP contribution is 2.18. The number of hydrogen-bond donors (Lipinski definition) is 0. The van der Waals surface area contributed by atoms with Crippen LogP contribution in [0.1, 0.15) is 60.3 Å². The minimum Gasteiger partial charge on any atom is -0.0911 e. The average Bonchev–Trinajstić information content (AvgIpc) is 2.24. The summed E-state index contributed by atoms with van der Waals surface area (Å²) in [5.74, 6) is 0.547. The van der Waals surface area contributed by atoms with Crippen LogP contribution in [0.4, 0.5) is 0 Å². The molecule has 0 saturated carbocycles. The van der Waals surface area contributed by atoms with E-state index in [9.17, 15) is 0 Å². The zero-order valence-electron chi connectivity index (χ0n) is 11.7. The highest BCUT2D eigenvalue weighted by molar-refractivity contribution is 5.25. The van der Waals surface area contributed by atoms with Crippen LogP contribution < -0.4 is 0 Å². The van der Waals surface area contributed by atoms with Gasteiger partial charge in [-0.15, -0.1) is 0 Å². The first kappa shape index (κ1) is 15.2. The lowest BCUT2D eigenvalue weighted by Gasteiger charge is -2.07. The highest BCUT2D eigenvalue weighted by Gasteiger charge is 1.98. The molecule has 0 heterocycles. The summed E-state index contributed by atoms with van der Waals surface area (Å²) >= 11 is 0. The Morgan fingerprint density at radius 2 is 1.69 bits per heavy atom. The zero-order valence-corrected chi connectivity index (χ0v) is 11.7. The second-order valence-electron chi connectivity index (χ2n) is 4.55. The molecule has 0 aromatic carbocycles. The van der Waals surface area contributed by atoms with Gasteiger partial charge in [0.15, 0.2) is 0 Å². The van der Waals surface area contributed by atoms with Crippen LogP contribution in [0.25, 0.3) is 0 Å². The highest BCUT2D eigenvalue weighted by atomic mass is 14.0. The second-order valence-corrected chi connectivity index (χ2v) is 4.55. The Kier molecular flexibility index (Phi) is 8.99. The maximum absolute atomic E-state index is 2.33. The van der Waals surface area contributed by atoms with Crippen molar-refractivity contribution in [2.24, 2.45) is 5.92 Å². The van der Waals surface area contributed by atoms with E-state index < -0.39 is 0 Å². The van der Waals surface area contributed by atoms with Gasteiger partial charge in [0, 0.05) is 0 Å². The van der Waals surface area contributed by atoms with Gasteiger partial charge in [-0.3, -0.25) is 0 Å². The molecule has 0 heteroatoms. The molecule has 0 amide bonds. The lowest BCUT2D eigenvalue weighted by Crippen LogP contribution is -1.88. The molecule has 92 valence electrons. The SMILES string of the molecule is C/C=C\C(C)/C=C\C(CCC)=C(/C)CCC. The van der Waals surface area contributed by atoms with E-state index in [0.717, 1.165) is 0 Å². The first-order valence-electron chi connectivity index (χ1n) is 6.65. The van der Waals surface area contributed by atoms with Gasteiger partial charge in [0.2, 0.25) is 0 Å². The average molecular weight is 220 g/mol. The van der Waals surface area contributed by atoms with E-state index in [0.29, 0.717) is 5.92 Å². The molecular formula is C16H28. The van der Waals surface area contributed by atoms with Crippen LogP contribution in [0.2, 0.25) is 0 Å². The van der Waals surface area contributed by atoms with Crippen molar-refractivity contribution >= 4 is 0 Å². The maximum Gasteiger partial charge on any atom is -0.00788 e. The van der Waals surface area contributed by atoms with Gasteiger partial charge in [0.05, 0.1) is 0 Å². The summed E-state index contributed by atoms with van der Waals surface area (Å²) in [7, 11) is 0. The Bertz CT molecular complexity index is 253. The van der Waals surface area contributed by atoms with Crippen LogP contribution in [0.5, 0.6) is 0 Å². The monoisotopic (exact) mass is 220 g/mol. The van der Waals surface area contributed by atoms with Crippen LogP contribution in [-0.2, 0) is 0 Å². The molecule has 1 atom stereocenters. The molecule has 0 N–H and O–H groups in total. The Labute approximate surface area is 102 Å². The van der Waals surface area contributed by atoms with E-state index in [-0.39, 0.29) is 0 Å². The van der Waals surface area contributed by atoms with Crippen molar-refractivity contribution in [2.45, 2.75) is 60.3 Å². The van der Waals surface area contributed by atoms with Gasteiger partial charge < -0.3 is 0 Å². The predicted molar refractivity (Wildman–Crippen MR) is 75.6 cm³/mol. The van der Waals surface area contributed by atoms with E-state index >= 15 is 0 Å². The summed E-state index contributed by atoms with van der Waals surface area (Å²) in [6, 6.07) is 0. The van der Waals surface area contributed by atoms with Gasteiger partial charge in [0.1, 0.15) is 0 Å². The Hall–Kier alpha value is -0.780. The predicted octanol–water partition coefficient (Wildman–Crippen LogP) is 5.67. The van der Waals surface area contributed by atoms with E-state index in [1.54, 1.807) is 11.1 Å². The van der Waals surface area contributed by atoms with E-state index in [4.69, 9.17) is 0 Å². The molecule has 0 aromatic rings. The molecule has 0 aromatic heterocycles. The third kappa shape index (κ3) is 6.66. The molecule has 0 bridgehead atoms. The standard InChI is InChI=1S/C16H28/c1-6-9-14(4)12-13-16(11-8-3)15(5)10-7-2/h6,9,12-14H,7-8,10-11H2,1-5H3/b9-6-,13-12-,16-15+. The number of rotatable bonds is 7. The summed E-state index contributed by atoms with van der Waals surface area (Å²) < 4.78 is 0. The molecule has 0 aliphatic heterocycles. The van der Waals surface area contributed by atoms with E-state index in [1.807, 2.05) is 0 Å². The summed E-state index contributed by atoms with van der Waals surface area (Å²) in [6.07, 6.45) is 13.9. The fraction of sp³-hybridized carbons (Fsp3) is 0.625. The normalized spacial score (nSPS) is 15.8. The van der Waals surface area contributed by atoms with Crippen molar-refractivity contribution in [3.63, 3.8) is 0 Å². The smallest absolute Gasteiger partial charge is 0.00788 e. The third-order valence-electron chi connectivity index (χ3n) is 2.79. The minimum absolute atomic E-state index is 0.547. The van der Waals surface area contributed by atoms with Crippen molar-refractivity contribution in [1.29, 1.82) is 0 Å². The minimum atomic E-state index is 0.547. The van der Waals surface area contributed by atoms with Crippen molar-refractivity contribution in [3.05, 3.63) is 35.5 Å². The summed E-state index contributed by atoms with van der Waals surface area (Å²) in [4.78, 5) is 0. The van der Waals surface area contributed by atoms with Gasteiger partial charge >= 0.3 is 0 Å². The molecular weight excluding hydrogens is 192 g/mol. The van der Waals surface area contributed by atoms with Crippen molar-refractivity contribution < 1.29 is 0 Å². The molecule has 0 fully saturated rings. The summed E-state index contributed by atoms with van der Waals surface area (Å²) in [5.41, 5.74) is 3.11. The summed E-state index contributed by atoms with van der Waals surface area (Å²) in [5, 5.41) is 0. The van der Waals surface area contributed by atoms with E-state index in [1.165, 1.54) is 25.7 Å². The van der Waals surface area contributed by atoms with Gasteiger partial charge in [-0.25, -0.2) is 0 Å². The Morgan fingerprint density at radius 1 is 1.06 bits per heavy atom. The van der Waals surface area contributed by atoms with Crippen molar-refractivity contribution in [1.82, 2.24) is 0 Å². The molecule has 0 radical (unpaired) electrons. The first-order valence-corrected chi connectivity index (χ1v) is 6.65. The van der Waals surface area contributed by atoms with E-state index in [2.05, 4.69) is 58.9 Å². The van der Waals surface area contributed by atoms with Crippen LogP contribution in [0, 0.1) is 5.92 Å². The molecule has 0 aliphatic carbocycles. The maximum atomic E-state index is 2.33.